The number of nitrogens with one attached hydrogen (secondary N) is 1. The van der Waals surface area contributed by atoms with Crippen molar-refractivity contribution in [2.24, 2.45) is 5.92 Å². The van der Waals surface area contributed by atoms with E-state index in [1.54, 1.807) is 0 Å². The van der Waals surface area contributed by atoms with Crippen LogP contribution in [0, 0.1) is 5.92 Å². The molecule has 2 N–H and O–H groups in total. The van der Waals surface area contributed by atoms with Crippen LogP contribution in [-0.4, -0.2) is 43.5 Å². The summed E-state index contributed by atoms with van der Waals surface area (Å²) < 4.78 is 11.5. The third kappa shape index (κ3) is 6.44. The second-order valence-corrected chi connectivity index (χ2v) is 9.51. The van der Waals surface area contributed by atoms with E-state index in [1.165, 1.54) is 12.8 Å². The highest BCUT2D eigenvalue weighted by molar-refractivity contribution is 5.77. The van der Waals surface area contributed by atoms with Crippen LogP contribution in [0.4, 0.5) is 17.1 Å². The van der Waals surface area contributed by atoms with Crippen LogP contribution >= 0.6 is 0 Å². The fourth-order valence-electron chi connectivity index (χ4n) is 4.78. The van der Waals surface area contributed by atoms with Crippen LogP contribution < -0.4 is 15.0 Å². The van der Waals surface area contributed by atoms with Crippen LogP contribution in [0.5, 0.6) is 5.75 Å². The zero-order valence-electron chi connectivity index (χ0n) is 20.5. The van der Waals surface area contributed by atoms with Gasteiger partial charge in [-0.3, -0.25) is 4.79 Å². The van der Waals surface area contributed by atoms with Crippen molar-refractivity contribution < 1.29 is 19.4 Å². The summed E-state index contributed by atoms with van der Waals surface area (Å²) in [6, 6.07) is 15.0. The van der Waals surface area contributed by atoms with Crippen LogP contribution in [0.3, 0.4) is 0 Å². The third-order valence-electron chi connectivity index (χ3n) is 7.00. The fourth-order valence-corrected chi connectivity index (χ4v) is 4.78. The molecule has 0 bridgehead atoms. The molecule has 0 unspecified atom stereocenters. The Kier molecular flexibility index (Phi) is 8.33. The van der Waals surface area contributed by atoms with Gasteiger partial charge in [-0.05, 0) is 92.8 Å². The molecule has 184 valence electrons. The molecule has 1 aliphatic heterocycles. The number of hydrogen-bond donors (Lipinski definition) is 2. The highest BCUT2D eigenvalue weighted by Crippen LogP contribution is 2.37. The summed E-state index contributed by atoms with van der Waals surface area (Å²) in [4.78, 5) is 13.9. The van der Waals surface area contributed by atoms with Crippen LogP contribution in [0.25, 0.3) is 0 Å². The van der Waals surface area contributed by atoms with Gasteiger partial charge in [0.25, 0.3) is 0 Å². The van der Waals surface area contributed by atoms with Crippen molar-refractivity contribution in [3.63, 3.8) is 0 Å². The molecule has 0 spiro atoms. The summed E-state index contributed by atoms with van der Waals surface area (Å²) in [6.45, 7) is 7.53. The molecule has 2 aromatic carbocycles. The summed E-state index contributed by atoms with van der Waals surface area (Å²) in [7, 11) is 0. The Bertz CT molecular complexity index is 936. The molecule has 1 aliphatic carbocycles. The van der Waals surface area contributed by atoms with Gasteiger partial charge in [0, 0.05) is 31.5 Å². The molecule has 0 radical (unpaired) electrons. The topological polar surface area (TPSA) is 71.0 Å². The SMILES string of the molecule is CC[C@H](CC(=O)O)c1ccc(N(CC)C2CCOCC2)c(Nc2ccc(OCC3CC3)cc2)c1. The highest BCUT2D eigenvalue weighted by atomic mass is 16.5. The van der Waals surface area contributed by atoms with E-state index in [4.69, 9.17) is 9.47 Å². The van der Waals surface area contributed by atoms with Crippen molar-refractivity contribution in [1.29, 1.82) is 0 Å². The van der Waals surface area contributed by atoms with Gasteiger partial charge in [-0.2, -0.15) is 0 Å². The molecule has 6 nitrogen and oxygen atoms in total. The number of carboxylic acid groups (broad SMARTS) is 1. The lowest BCUT2D eigenvalue weighted by atomic mass is 9.92. The molecule has 1 saturated carbocycles. The predicted octanol–water partition coefficient (Wildman–Crippen LogP) is 6.19. The number of anilines is 3. The van der Waals surface area contributed by atoms with E-state index in [9.17, 15) is 9.90 Å². The minimum absolute atomic E-state index is 0.0107. The molecule has 2 fully saturated rings. The second kappa shape index (κ2) is 11.6. The first-order valence-corrected chi connectivity index (χ1v) is 12.8. The van der Waals surface area contributed by atoms with Crippen molar-refractivity contribution in [3.05, 3.63) is 48.0 Å². The third-order valence-corrected chi connectivity index (χ3v) is 7.00. The highest BCUT2D eigenvalue weighted by Gasteiger charge is 2.24. The number of benzene rings is 2. The maximum Gasteiger partial charge on any atom is 0.303 e. The molecule has 4 rings (SSSR count). The Hall–Kier alpha value is -2.73. The average Bonchev–Trinajstić information content (AvgIpc) is 3.69. The van der Waals surface area contributed by atoms with Gasteiger partial charge < -0.3 is 24.8 Å². The molecule has 2 aliphatic rings. The number of ether oxygens (including phenoxy) is 2. The fraction of sp³-hybridized carbons (Fsp3) is 0.536. The van der Waals surface area contributed by atoms with Crippen LogP contribution in [-0.2, 0) is 9.53 Å². The Morgan fingerprint density at radius 1 is 1.12 bits per heavy atom. The average molecular weight is 467 g/mol. The van der Waals surface area contributed by atoms with E-state index in [-0.39, 0.29) is 12.3 Å². The van der Waals surface area contributed by atoms with E-state index in [1.807, 2.05) is 12.1 Å². The molecule has 34 heavy (non-hydrogen) atoms. The maximum absolute atomic E-state index is 11.4. The summed E-state index contributed by atoms with van der Waals surface area (Å²) in [5.41, 5.74) is 4.22. The van der Waals surface area contributed by atoms with Crippen LogP contribution in [0.15, 0.2) is 42.5 Å². The summed E-state index contributed by atoms with van der Waals surface area (Å²) in [5.74, 6) is 0.856. The van der Waals surface area contributed by atoms with Gasteiger partial charge in [0.05, 0.1) is 24.4 Å². The number of hydrogen-bond acceptors (Lipinski definition) is 5. The van der Waals surface area contributed by atoms with Crippen LogP contribution in [0.2, 0.25) is 0 Å². The minimum Gasteiger partial charge on any atom is -0.493 e. The van der Waals surface area contributed by atoms with Gasteiger partial charge >= 0.3 is 5.97 Å². The van der Waals surface area contributed by atoms with E-state index in [0.29, 0.717) is 6.04 Å². The summed E-state index contributed by atoms with van der Waals surface area (Å²) in [5, 5.41) is 13.0. The van der Waals surface area contributed by atoms with Crippen molar-refractivity contribution in [3.8, 4) is 5.75 Å². The zero-order chi connectivity index (χ0) is 23.9. The first-order valence-electron chi connectivity index (χ1n) is 12.8. The van der Waals surface area contributed by atoms with Crippen molar-refractivity contribution >= 4 is 23.0 Å². The Morgan fingerprint density at radius 2 is 1.85 bits per heavy atom. The summed E-state index contributed by atoms with van der Waals surface area (Å²) in [6.07, 6.45) is 5.51. The molecular weight excluding hydrogens is 428 g/mol. The van der Waals surface area contributed by atoms with Crippen LogP contribution in [0.1, 0.15) is 63.9 Å². The molecule has 0 aromatic heterocycles. The van der Waals surface area contributed by atoms with Gasteiger partial charge in [-0.25, -0.2) is 0 Å². The maximum atomic E-state index is 11.4. The molecule has 0 amide bonds. The van der Waals surface area contributed by atoms with Gasteiger partial charge in [-0.15, -0.1) is 0 Å². The lowest BCUT2D eigenvalue weighted by Crippen LogP contribution is -2.39. The van der Waals surface area contributed by atoms with Gasteiger partial charge in [0.1, 0.15) is 5.75 Å². The Morgan fingerprint density at radius 3 is 2.47 bits per heavy atom. The van der Waals surface area contributed by atoms with E-state index in [0.717, 1.165) is 79.9 Å². The minimum atomic E-state index is -0.760. The van der Waals surface area contributed by atoms with Crippen molar-refractivity contribution in [2.45, 2.75) is 64.3 Å². The molecule has 2 aromatic rings. The van der Waals surface area contributed by atoms with E-state index < -0.39 is 5.97 Å². The molecule has 6 heteroatoms. The standard InChI is InChI=1S/C28H38N2O4/c1-3-21(18-28(31)32)22-7-12-27(30(4-2)24-13-15-33-16-14-24)26(17-22)29-23-8-10-25(11-9-23)34-19-20-5-6-20/h7-12,17,20-21,24,29H,3-6,13-16,18-19H2,1-2H3,(H,31,32)/t21-/m1/s1. The van der Waals surface area contributed by atoms with Crippen molar-refractivity contribution in [1.82, 2.24) is 0 Å². The number of rotatable bonds is 12. The number of carbonyl (C=O) groups is 1. The first kappa shape index (κ1) is 24.4. The quantitative estimate of drug-likeness (QED) is 0.388. The monoisotopic (exact) mass is 466 g/mol. The van der Waals surface area contributed by atoms with Gasteiger partial charge in [0.15, 0.2) is 0 Å². The molecule has 1 atom stereocenters. The smallest absolute Gasteiger partial charge is 0.303 e. The predicted molar refractivity (Wildman–Crippen MR) is 137 cm³/mol. The first-order chi connectivity index (χ1) is 16.6. The zero-order valence-corrected chi connectivity index (χ0v) is 20.5. The number of carboxylic acids is 1. The molecular formula is C28H38N2O4. The summed E-state index contributed by atoms with van der Waals surface area (Å²) >= 11 is 0. The molecule has 1 saturated heterocycles. The normalized spacial score (nSPS) is 17.2. The van der Waals surface area contributed by atoms with E-state index >= 15 is 0 Å². The van der Waals surface area contributed by atoms with E-state index in [2.05, 4.69) is 54.4 Å². The second-order valence-electron chi connectivity index (χ2n) is 9.51. The lowest BCUT2D eigenvalue weighted by molar-refractivity contribution is -0.137. The lowest BCUT2D eigenvalue weighted by Gasteiger charge is -2.37. The Labute approximate surface area is 203 Å². The Balaban J connectivity index is 1.60. The van der Waals surface area contributed by atoms with Gasteiger partial charge in [-0.1, -0.05) is 13.0 Å². The number of aliphatic carboxylic acids is 1. The van der Waals surface area contributed by atoms with Gasteiger partial charge in [0.2, 0.25) is 0 Å². The largest absolute Gasteiger partial charge is 0.493 e. The molecule has 1 heterocycles. The van der Waals surface area contributed by atoms with Crippen molar-refractivity contribution in [2.75, 3.05) is 36.6 Å². The number of nitrogens with zero attached hydrogens (tertiary/aromatic N) is 1.